The van der Waals surface area contributed by atoms with Crippen LogP contribution in [0, 0.1) is 13.8 Å². The number of hydrogen-bond donors (Lipinski definition) is 2. The summed E-state index contributed by atoms with van der Waals surface area (Å²) >= 11 is 0. The van der Waals surface area contributed by atoms with E-state index in [2.05, 4.69) is 20.5 Å². The third-order valence-electron chi connectivity index (χ3n) is 5.58. The first-order valence-corrected chi connectivity index (χ1v) is 12.2. The molecule has 0 atom stereocenters. The van der Waals surface area contributed by atoms with Crippen molar-refractivity contribution in [1.82, 2.24) is 15.2 Å². The summed E-state index contributed by atoms with van der Waals surface area (Å²) in [5.41, 5.74) is 3.53. The van der Waals surface area contributed by atoms with Crippen molar-refractivity contribution in [2.45, 2.75) is 41.0 Å². The fourth-order valence-electron chi connectivity index (χ4n) is 3.48. The van der Waals surface area contributed by atoms with Crippen molar-refractivity contribution in [2.24, 2.45) is 0 Å². The molecule has 0 radical (unpaired) electrons. The molecule has 9 nitrogen and oxygen atoms in total. The Hall–Kier alpha value is -3.62. The first kappa shape index (κ1) is 27.6. The summed E-state index contributed by atoms with van der Waals surface area (Å²) in [6, 6.07) is 9.20. The number of aromatic nitrogens is 1. The van der Waals surface area contributed by atoms with Gasteiger partial charge in [-0.15, -0.1) is 0 Å². The van der Waals surface area contributed by atoms with Crippen molar-refractivity contribution < 1.29 is 19.1 Å². The number of carbonyl (C=O) groups is 3. The van der Waals surface area contributed by atoms with Crippen LogP contribution in [0.2, 0.25) is 0 Å². The number of aryl methyl sites for hydroxylation is 2. The Kier molecular flexibility index (Phi) is 11.0. The lowest BCUT2D eigenvalue weighted by Gasteiger charge is -2.35. The summed E-state index contributed by atoms with van der Waals surface area (Å²) in [5.74, 6) is 0.238. The SMILES string of the molecule is CC.CCOC(=O)CCNC(=O)N1CCN(c2ccc(C(=O)Nc3ccc(C)c(C)c3)cn2)CC1. The van der Waals surface area contributed by atoms with E-state index in [-0.39, 0.29) is 30.9 Å². The van der Waals surface area contributed by atoms with Crippen LogP contribution in [0.4, 0.5) is 16.3 Å². The second-order valence-electron chi connectivity index (χ2n) is 7.92. The van der Waals surface area contributed by atoms with Gasteiger partial charge in [-0.25, -0.2) is 9.78 Å². The molecule has 2 N–H and O–H groups in total. The molecular weight excluding hydrogens is 446 g/mol. The lowest BCUT2D eigenvalue weighted by atomic mass is 10.1. The molecule has 0 unspecified atom stereocenters. The average molecular weight is 484 g/mol. The van der Waals surface area contributed by atoms with E-state index in [4.69, 9.17) is 4.74 Å². The smallest absolute Gasteiger partial charge is 0.317 e. The van der Waals surface area contributed by atoms with E-state index in [1.807, 2.05) is 52.0 Å². The van der Waals surface area contributed by atoms with E-state index >= 15 is 0 Å². The van der Waals surface area contributed by atoms with Crippen LogP contribution in [0.1, 0.15) is 48.7 Å². The second kappa shape index (κ2) is 13.9. The standard InChI is InChI=1S/C24H31N5O4.C2H6/c1-4-33-22(30)9-10-25-24(32)29-13-11-28(12-14-29)21-8-6-19(16-26-21)23(31)27-20-7-5-17(2)18(3)15-20;1-2/h5-8,15-16H,4,9-14H2,1-3H3,(H,25,32)(H,27,31);1-2H3. The maximum absolute atomic E-state index is 12.5. The topological polar surface area (TPSA) is 104 Å². The van der Waals surface area contributed by atoms with Crippen LogP contribution >= 0.6 is 0 Å². The van der Waals surface area contributed by atoms with E-state index in [1.54, 1.807) is 24.1 Å². The molecule has 2 aromatic rings. The third kappa shape index (κ3) is 8.27. The van der Waals surface area contributed by atoms with Crippen LogP contribution < -0.4 is 15.5 Å². The van der Waals surface area contributed by atoms with Crippen molar-refractivity contribution in [3.05, 3.63) is 53.2 Å². The molecule has 1 aromatic heterocycles. The molecule has 35 heavy (non-hydrogen) atoms. The molecule has 1 aliphatic rings. The van der Waals surface area contributed by atoms with Gasteiger partial charge in [0.25, 0.3) is 5.91 Å². The van der Waals surface area contributed by atoms with Gasteiger partial charge in [0.2, 0.25) is 0 Å². The number of pyridine rings is 1. The number of benzene rings is 1. The van der Waals surface area contributed by atoms with Crippen molar-refractivity contribution in [2.75, 3.05) is 49.5 Å². The van der Waals surface area contributed by atoms with Crippen LogP contribution in [-0.4, -0.2) is 67.1 Å². The molecule has 2 heterocycles. The Morgan fingerprint density at radius 2 is 1.71 bits per heavy atom. The number of anilines is 2. The number of ether oxygens (including phenoxy) is 1. The van der Waals surface area contributed by atoms with Crippen molar-refractivity contribution in [1.29, 1.82) is 0 Å². The highest BCUT2D eigenvalue weighted by Crippen LogP contribution is 2.17. The Labute approximate surface area is 207 Å². The number of rotatable bonds is 7. The molecule has 1 aromatic carbocycles. The molecule has 1 aliphatic heterocycles. The minimum absolute atomic E-state index is 0.160. The Bertz CT molecular complexity index is 986. The monoisotopic (exact) mass is 483 g/mol. The number of nitrogens with one attached hydrogen (secondary N) is 2. The lowest BCUT2D eigenvalue weighted by Crippen LogP contribution is -2.52. The van der Waals surface area contributed by atoms with Crippen LogP contribution in [-0.2, 0) is 9.53 Å². The fraction of sp³-hybridized carbons (Fsp3) is 0.462. The van der Waals surface area contributed by atoms with Gasteiger partial charge in [-0.1, -0.05) is 19.9 Å². The summed E-state index contributed by atoms with van der Waals surface area (Å²) in [7, 11) is 0. The Morgan fingerprint density at radius 3 is 2.31 bits per heavy atom. The summed E-state index contributed by atoms with van der Waals surface area (Å²) in [6.45, 7) is 12.7. The van der Waals surface area contributed by atoms with Gasteiger partial charge in [0.1, 0.15) is 5.82 Å². The molecule has 3 amide bonds. The van der Waals surface area contributed by atoms with Crippen molar-refractivity contribution >= 4 is 29.4 Å². The molecule has 0 aliphatic carbocycles. The van der Waals surface area contributed by atoms with E-state index in [0.717, 1.165) is 17.1 Å². The van der Waals surface area contributed by atoms with Gasteiger partial charge in [-0.05, 0) is 56.2 Å². The highest BCUT2D eigenvalue weighted by molar-refractivity contribution is 6.04. The van der Waals surface area contributed by atoms with Gasteiger partial charge in [-0.2, -0.15) is 0 Å². The van der Waals surface area contributed by atoms with Gasteiger partial charge >= 0.3 is 12.0 Å². The van der Waals surface area contributed by atoms with E-state index in [1.165, 1.54) is 5.56 Å². The lowest BCUT2D eigenvalue weighted by molar-refractivity contribution is -0.142. The minimum Gasteiger partial charge on any atom is -0.466 e. The third-order valence-corrected chi connectivity index (χ3v) is 5.58. The van der Waals surface area contributed by atoms with E-state index in [0.29, 0.717) is 38.3 Å². The number of carbonyl (C=O) groups excluding carboxylic acids is 3. The summed E-state index contributed by atoms with van der Waals surface area (Å²) in [5, 5.41) is 5.65. The van der Waals surface area contributed by atoms with Gasteiger partial charge < -0.3 is 25.2 Å². The van der Waals surface area contributed by atoms with Gasteiger partial charge in [0.15, 0.2) is 0 Å². The minimum atomic E-state index is -0.320. The first-order chi connectivity index (χ1) is 16.9. The molecule has 190 valence electrons. The van der Waals surface area contributed by atoms with Gasteiger partial charge in [-0.3, -0.25) is 9.59 Å². The summed E-state index contributed by atoms with van der Waals surface area (Å²) < 4.78 is 4.85. The average Bonchev–Trinajstić information content (AvgIpc) is 2.88. The summed E-state index contributed by atoms with van der Waals surface area (Å²) in [4.78, 5) is 44.4. The molecule has 0 spiro atoms. The molecular formula is C26H37N5O4. The number of urea groups is 1. The van der Waals surface area contributed by atoms with Crippen LogP contribution in [0.3, 0.4) is 0 Å². The molecule has 1 fully saturated rings. The number of piperazine rings is 1. The van der Waals surface area contributed by atoms with E-state index < -0.39 is 0 Å². The normalized spacial score (nSPS) is 12.8. The molecule has 3 rings (SSSR count). The predicted molar refractivity (Wildman–Crippen MR) is 138 cm³/mol. The number of esters is 1. The Balaban J connectivity index is 0.00000210. The molecule has 0 bridgehead atoms. The molecule has 0 saturated carbocycles. The van der Waals surface area contributed by atoms with Gasteiger partial charge in [0, 0.05) is 44.6 Å². The molecule has 1 saturated heterocycles. The quantitative estimate of drug-likeness (QED) is 0.581. The highest BCUT2D eigenvalue weighted by Gasteiger charge is 2.22. The van der Waals surface area contributed by atoms with Crippen LogP contribution in [0.25, 0.3) is 0 Å². The fourth-order valence-corrected chi connectivity index (χ4v) is 3.48. The maximum atomic E-state index is 12.5. The molecule has 9 heteroatoms. The van der Waals surface area contributed by atoms with Crippen molar-refractivity contribution in [3.63, 3.8) is 0 Å². The zero-order valence-corrected chi connectivity index (χ0v) is 21.4. The maximum Gasteiger partial charge on any atom is 0.317 e. The van der Waals surface area contributed by atoms with E-state index in [9.17, 15) is 14.4 Å². The Morgan fingerprint density at radius 1 is 1.00 bits per heavy atom. The first-order valence-electron chi connectivity index (χ1n) is 12.2. The van der Waals surface area contributed by atoms with Crippen LogP contribution in [0.15, 0.2) is 36.5 Å². The number of hydrogen-bond acceptors (Lipinski definition) is 6. The van der Waals surface area contributed by atoms with Gasteiger partial charge in [0.05, 0.1) is 18.6 Å². The van der Waals surface area contributed by atoms with Crippen molar-refractivity contribution in [3.8, 4) is 0 Å². The largest absolute Gasteiger partial charge is 0.466 e. The zero-order valence-electron chi connectivity index (χ0n) is 21.4. The second-order valence-corrected chi connectivity index (χ2v) is 7.92. The number of amides is 3. The predicted octanol–water partition coefficient (Wildman–Crippen LogP) is 3.76. The highest BCUT2D eigenvalue weighted by atomic mass is 16.5. The zero-order chi connectivity index (χ0) is 25.8. The number of nitrogens with zero attached hydrogens (tertiary/aromatic N) is 3. The summed E-state index contributed by atoms with van der Waals surface area (Å²) in [6.07, 6.45) is 1.73. The van der Waals surface area contributed by atoms with Crippen LogP contribution in [0.5, 0.6) is 0 Å².